The Morgan fingerprint density at radius 1 is 1.15 bits per heavy atom. The van der Waals surface area contributed by atoms with Gasteiger partial charge in [-0.05, 0) is 43.3 Å². The van der Waals surface area contributed by atoms with E-state index in [0.717, 1.165) is 24.2 Å². The Balaban J connectivity index is 2.33. The number of ether oxygens (including phenoxy) is 1. The molecule has 1 atom stereocenters. The van der Waals surface area contributed by atoms with E-state index in [1.165, 1.54) is 10.9 Å². The van der Waals surface area contributed by atoms with Gasteiger partial charge in [-0.25, -0.2) is 4.98 Å². The summed E-state index contributed by atoms with van der Waals surface area (Å²) in [5, 5.41) is 5.49. The lowest BCUT2D eigenvalue weighted by Crippen LogP contribution is -2.15. The van der Waals surface area contributed by atoms with Crippen LogP contribution in [-0.2, 0) is 6.54 Å². The Hall–Kier alpha value is -1.61. The Morgan fingerprint density at radius 3 is 2.50 bits per heavy atom. The molecule has 1 unspecified atom stereocenters. The minimum Gasteiger partial charge on any atom is -0.474 e. The van der Waals surface area contributed by atoms with Crippen molar-refractivity contribution in [3.8, 4) is 5.88 Å². The standard InChI is InChI=1S/C17H24N2O/c1-12(2)9-13(3)20-17-16-8-6-5-7-15(16)14(10-18-4)11-19-17/h5-8,11-13,18H,9-10H2,1-4H3. The molecule has 0 aliphatic heterocycles. The van der Waals surface area contributed by atoms with Gasteiger partial charge in [-0.3, -0.25) is 0 Å². The summed E-state index contributed by atoms with van der Waals surface area (Å²) in [6.45, 7) is 7.34. The molecule has 0 bridgehead atoms. The van der Waals surface area contributed by atoms with Crippen LogP contribution in [0.5, 0.6) is 5.88 Å². The zero-order valence-corrected chi connectivity index (χ0v) is 12.8. The van der Waals surface area contributed by atoms with Crippen LogP contribution >= 0.6 is 0 Å². The van der Waals surface area contributed by atoms with Crippen molar-refractivity contribution < 1.29 is 4.74 Å². The number of benzene rings is 1. The minimum absolute atomic E-state index is 0.182. The third kappa shape index (κ3) is 3.48. The highest BCUT2D eigenvalue weighted by Gasteiger charge is 2.12. The fourth-order valence-electron chi connectivity index (χ4n) is 2.55. The highest BCUT2D eigenvalue weighted by atomic mass is 16.5. The summed E-state index contributed by atoms with van der Waals surface area (Å²) in [6.07, 6.45) is 3.13. The maximum atomic E-state index is 6.04. The molecule has 0 amide bonds. The van der Waals surface area contributed by atoms with Crippen molar-refractivity contribution in [1.82, 2.24) is 10.3 Å². The Bertz CT molecular complexity index is 566. The van der Waals surface area contributed by atoms with E-state index in [1.54, 1.807) is 0 Å². The maximum absolute atomic E-state index is 6.04. The van der Waals surface area contributed by atoms with Gasteiger partial charge in [0.15, 0.2) is 0 Å². The van der Waals surface area contributed by atoms with Crippen LogP contribution in [-0.4, -0.2) is 18.1 Å². The van der Waals surface area contributed by atoms with Crippen molar-refractivity contribution in [1.29, 1.82) is 0 Å². The van der Waals surface area contributed by atoms with Crippen LogP contribution in [0.1, 0.15) is 32.8 Å². The molecule has 0 fully saturated rings. The van der Waals surface area contributed by atoms with Crippen molar-refractivity contribution in [3.63, 3.8) is 0 Å². The average Bonchev–Trinajstić information content (AvgIpc) is 2.41. The largest absolute Gasteiger partial charge is 0.474 e. The second-order valence-electron chi connectivity index (χ2n) is 5.72. The molecule has 3 heteroatoms. The summed E-state index contributed by atoms with van der Waals surface area (Å²) in [7, 11) is 1.95. The molecular formula is C17H24N2O. The predicted octanol–water partition coefficient (Wildman–Crippen LogP) is 3.77. The summed E-state index contributed by atoms with van der Waals surface area (Å²) in [6, 6.07) is 8.30. The molecule has 1 heterocycles. The van der Waals surface area contributed by atoms with Gasteiger partial charge < -0.3 is 10.1 Å². The number of rotatable bonds is 6. The van der Waals surface area contributed by atoms with Crippen LogP contribution < -0.4 is 10.1 Å². The molecule has 3 nitrogen and oxygen atoms in total. The lowest BCUT2D eigenvalue weighted by Gasteiger charge is -2.18. The average molecular weight is 272 g/mol. The van der Waals surface area contributed by atoms with Gasteiger partial charge >= 0.3 is 0 Å². The van der Waals surface area contributed by atoms with Crippen LogP contribution in [0, 0.1) is 5.92 Å². The molecule has 2 aromatic rings. The maximum Gasteiger partial charge on any atom is 0.221 e. The SMILES string of the molecule is CNCc1cnc(OC(C)CC(C)C)c2ccccc12. The number of pyridine rings is 1. The summed E-state index contributed by atoms with van der Waals surface area (Å²) in [5.41, 5.74) is 1.20. The summed E-state index contributed by atoms with van der Waals surface area (Å²) >= 11 is 0. The molecule has 1 aromatic heterocycles. The van der Waals surface area contributed by atoms with E-state index in [0.29, 0.717) is 5.92 Å². The predicted molar refractivity (Wildman–Crippen MR) is 84.1 cm³/mol. The Kier molecular flexibility index (Phi) is 4.96. The monoisotopic (exact) mass is 272 g/mol. The molecule has 0 spiro atoms. The second kappa shape index (κ2) is 6.71. The first-order chi connectivity index (χ1) is 9.61. The molecule has 1 aromatic carbocycles. The summed E-state index contributed by atoms with van der Waals surface area (Å²) < 4.78 is 6.04. The molecule has 2 rings (SSSR count). The van der Waals surface area contributed by atoms with Gasteiger partial charge in [-0.15, -0.1) is 0 Å². The Labute approximate surface area is 121 Å². The molecule has 0 aliphatic carbocycles. The van der Waals surface area contributed by atoms with E-state index >= 15 is 0 Å². The van der Waals surface area contributed by atoms with Gasteiger partial charge in [-0.1, -0.05) is 32.0 Å². The Morgan fingerprint density at radius 2 is 1.85 bits per heavy atom. The third-order valence-electron chi connectivity index (χ3n) is 3.32. The van der Waals surface area contributed by atoms with Gasteiger partial charge in [0, 0.05) is 18.1 Å². The minimum atomic E-state index is 0.182. The van der Waals surface area contributed by atoms with E-state index in [-0.39, 0.29) is 6.10 Å². The fraction of sp³-hybridized carbons (Fsp3) is 0.471. The van der Waals surface area contributed by atoms with E-state index in [2.05, 4.69) is 49.3 Å². The topological polar surface area (TPSA) is 34.2 Å². The van der Waals surface area contributed by atoms with Gasteiger partial charge in [-0.2, -0.15) is 0 Å². The summed E-state index contributed by atoms with van der Waals surface area (Å²) in [4.78, 5) is 4.51. The number of hydrogen-bond acceptors (Lipinski definition) is 3. The quantitative estimate of drug-likeness (QED) is 0.869. The normalized spacial score (nSPS) is 12.8. The number of nitrogens with one attached hydrogen (secondary N) is 1. The molecule has 108 valence electrons. The van der Waals surface area contributed by atoms with Crippen LogP contribution in [0.25, 0.3) is 10.8 Å². The van der Waals surface area contributed by atoms with Crippen molar-refractivity contribution in [3.05, 3.63) is 36.0 Å². The number of fused-ring (bicyclic) bond motifs is 1. The molecule has 0 aliphatic rings. The first kappa shape index (κ1) is 14.8. The zero-order chi connectivity index (χ0) is 14.5. The number of aromatic nitrogens is 1. The first-order valence-electron chi connectivity index (χ1n) is 7.29. The fourth-order valence-corrected chi connectivity index (χ4v) is 2.55. The number of nitrogens with zero attached hydrogens (tertiary/aromatic N) is 1. The third-order valence-corrected chi connectivity index (χ3v) is 3.32. The van der Waals surface area contributed by atoms with Crippen LogP contribution in [0.15, 0.2) is 30.5 Å². The van der Waals surface area contributed by atoms with Crippen molar-refractivity contribution in [2.24, 2.45) is 5.92 Å². The highest BCUT2D eigenvalue weighted by molar-refractivity contribution is 5.89. The smallest absolute Gasteiger partial charge is 0.221 e. The van der Waals surface area contributed by atoms with Crippen molar-refractivity contribution >= 4 is 10.8 Å². The molecule has 0 saturated heterocycles. The molecule has 0 radical (unpaired) electrons. The van der Waals surface area contributed by atoms with Gasteiger partial charge in [0.05, 0.1) is 6.10 Å². The van der Waals surface area contributed by atoms with Crippen molar-refractivity contribution in [2.45, 2.75) is 39.8 Å². The molecule has 1 N–H and O–H groups in total. The lowest BCUT2D eigenvalue weighted by molar-refractivity contribution is 0.188. The number of hydrogen-bond donors (Lipinski definition) is 1. The van der Waals surface area contributed by atoms with Gasteiger partial charge in [0.2, 0.25) is 5.88 Å². The van der Waals surface area contributed by atoms with Gasteiger partial charge in [0.1, 0.15) is 0 Å². The molecular weight excluding hydrogens is 248 g/mol. The molecule has 20 heavy (non-hydrogen) atoms. The van der Waals surface area contributed by atoms with E-state index in [1.807, 2.05) is 19.3 Å². The van der Waals surface area contributed by atoms with Crippen molar-refractivity contribution in [2.75, 3.05) is 7.05 Å². The van der Waals surface area contributed by atoms with Gasteiger partial charge in [0.25, 0.3) is 0 Å². The lowest BCUT2D eigenvalue weighted by atomic mass is 10.1. The highest BCUT2D eigenvalue weighted by Crippen LogP contribution is 2.27. The molecule has 0 saturated carbocycles. The van der Waals surface area contributed by atoms with E-state index in [4.69, 9.17) is 4.74 Å². The summed E-state index contributed by atoms with van der Waals surface area (Å²) in [5.74, 6) is 1.37. The van der Waals surface area contributed by atoms with E-state index < -0.39 is 0 Å². The first-order valence-corrected chi connectivity index (χ1v) is 7.29. The second-order valence-corrected chi connectivity index (χ2v) is 5.72. The van der Waals surface area contributed by atoms with Crippen LogP contribution in [0.4, 0.5) is 0 Å². The van der Waals surface area contributed by atoms with Crippen LogP contribution in [0.3, 0.4) is 0 Å². The van der Waals surface area contributed by atoms with Crippen LogP contribution in [0.2, 0.25) is 0 Å². The van der Waals surface area contributed by atoms with E-state index in [9.17, 15) is 0 Å². The zero-order valence-electron chi connectivity index (χ0n) is 12.8.